The summed E-state index contributed by atoms with van der Waals surface area (Å²) in [4.78, 5) is 12.7. The number of amides is 1. The Morgan fingerprint density at radius 3 is 2.52 bits per heavy atom. The Morgan fingerprint density at radius 1 is 1.17 bits per heavy atom. The van der Waals surface area contributed by atoms with Gasteiger partial charge in [-0.2, -0.15) is 5.26 Å². The third kappa shape index (κ3) is 4.49. The molecule has 0 bridgehead atoms. The van der Waals surface area contributed by atoms with Gasteiger partial charge in [-0.1, -0.05) is 41.1 Å². The van der Waals surface area contributed by atoms with Gasteiger partial charge in [-0.15, -0.1) is 0 Å². The van der Waals surface area contributed by atoms with Crippen LogP contribution in [0.4, 0.5) is 5.69 Å². The maximum Gasteiger partial charge on any atom is 0.266 e. The number of hydrogen-bond donors (Lipinski definition) is 1. The number of aromatic nitrogens is 1. The van der Waals surface area contributed by atoms with E-state index in [1.54, 1.807) is 6.08 Å². The maximum absolute atomic E-state index is 12.7. The number of carbonyl (C=O) groups excluding carboxylic acids is 1. The van der Waals surface area contributed by atoms with Crippen molar-refractivity contribution in [1.29, 1.82) is 5.26 Å². The van der Waals surface area contributed by atoms with E-state index in [4.69, 9.17) is 0 Å². The fourth-order valence-electron chi connectivity index (χ4n) is 3.37. The Bertz CT molecular complexity index is 1120. The molecular formula is C24H22BrN3O. The van der Waals surface area contributed by atoms with E-state index < -0.39 is 5.91 Å². The normalized spacial score (nSPS) is 11.2. The Kier molecular flexibility index (Phi) is 6.36. The molecule has 0 radical (unpaired) electrons. The van der Waals surface area contributed by atoms with Gasteiger partial charge in [0.25, 0.3) is 5.91 Å². The van der Waals surface area contributed by atoms with Crippen molar-refractivity contribution in [3.8, 4) is 11.8 Å². The quantitative estimate of drug-likeness (QED) is 0.387. The summed E-state index contributed by atoms with van der Waals surface area (Å²) in [5, 5.41) is 12.5. The summed E-state index contributed by atoms with van der Waals surface area (Å²) in [6.07, 6.45) is 2.46. The summed E-state index contributed by atoms with van der Waals surface area (Å²) in [6.45, 7) is 6.03. The summed E-state index contributed by atoms with van der Waals surface area (Å²) in [7, 11) is 0. The minimum atomic E-state index is -0.401. The summed E-state index contributed by atoms with van der Waals surface area (Å²) in [5.74, 6) is -0.401. The third-order valence-corrected chi connectivity index (χ3v) is 5.40. The molecule has 3 rings (SSSR count). The van der Waals surface area contributed by atoms with Gasteiger partial charge < -0.3 is 9.88 Å². The van der Waals surface area contributed by atoms with Gasteiger partial charge in [-0.3, -0.25) is 4.79 Å². The molecule has 0 saturated heterocycles. The minimum Gasteiger partial charge on any atom is -0.321 e. The SMILES string of the molecule is CCc1ccccc1NC(=O)/C(C#N)=C/c1cc(C)n(-c2ccc(Br)cc2)c1C. The molecule has 1 aromatic heterocycles. The molecule has 29 heavy (non-hydrogen) atoms. The average Bonchev–Trinajstić information content (AvgIpc) is 3.00. The zero-order valence-electron chi connectivity index (χ0n) is 16.7. The molecule has 2 aromatic carbocycles. The molecule has 1 heterocycles. The molecule has 0 atom stereocenters. The van der Waals surface area contributed by atoms with Crippen LogP contribution in [0.15, 0.2) is 64.6 Å². The fourth-order valence-corrected chi connectivity index (χ4v) is 3.63. The van der Waals surface area contributed by atoms with Crippen molar-refractivity contribution in [3.05, 3.63) is 87.2 Å². The minimum absolute atomic E-state index is 0.0759. The summed E-state index contributed by atoms with van der Waals surface area (Å²) in [5.41, 5.74) is 5.73. The summed E-state index contributed by atoms with van der Waals surface area (Å²) in [6, 6.07) is 19.7. The predicted molar refractivity (Wildman–Crippen MR) is 121 cm³/mol. The highest BCUT2D eigenvalue weighted by Crippen LogP contribution is 2.24. The number of nitrogens with zero attached hydrogens (tertiary/aromatic N) is 2. The molecule has 146 valence electrons. The maximum atomic E-state index is 12.7. The Labute approximate surface area is 179 Å². The van der Waals surface area contributed by atoms with E-state index in [0.29, 0.717) is 0 Å². The molecule has 0 saturated carbocycles. The molecule has 0 aliphatic carbocycles. The lowest BCUT2D eigenvalue weighted by Crippen LogP contribution is -2.14. The first kappa shape index (κ1) is 20.6. The summed E-state index contributed by atoms with van der Waals surface area (Å²) < 4.78 is 3.12. The van der Waals surface area contributed by atoms with E-state index in [1.165, 1.54) is 0 Å². The van der Waals surface area contributed by atoms with Crippen LogP contribution >= 0.6 is 15.9 Å². The predicted octanol–water partition coefficient (Wildman–Crippen LogP) is 5.96. The molecule has 3 aromatic rings. The van der Waals surface area contributed by atoms with Crippen LogP contribution in [0.5, 0.6) is 0 Å². The van der Waals surface area contributed by atoms with E-state index >= 15 is 0 Å². The standard InChI is InChI=1S/C24H22BrN3O/c1-4-18-7-5-6-8-23(18)27-24(29)20(15-26)14-19-13-16(2)28(17(19)3)22-11-9-21(25)10-12-22/h5-14H,4H2,1-3H3,(H,27,29)/b20-14+. The zero-order valence-corrected chi connectivity index (χ0v) is 18.2. The zero-order chi connectivity index (χ0) is 21.0. The molecular weight excluding hydrogens is 426 g/mol. The smallest absolute Gasteiger partial charge is 0.266 e. The van der Waals surface area contributed by atoms with Crippen LogP contribution in [-0.2, 0) is 11.2 Å². The first-order valence-electron chi connectivity index (χ1n) is 9.40. The number of anilines is 1. The van der Waals surface area contributed by atoms with Crippen LogP contribution in [0.3, 0.4) is 0 Å². The lowest BCUT2D eigenvalue weighted by Gasteiger charge is -2.10. The number of carbonyl (C=O) groups is 1. The van der Waals surface area contributed by atoms with Crippen LogP contribution in [0.1, 0.15) is 29.4 Å². The number of halogens is 1. The number of nitrogens with one attached hydrogen (secondary N) is 1. The molecule has 0 aliphatic rings. The van der Waals surface area contributed by atoms with Crippen LogP contribution < -0.4 is 5.32 Å². The Morgan fingerprint density at radius 2 is 1.86 bits per heavy atom. The van der Waals surface area contributed by atoms with E-state index in [-0.39, 0.29) is 5.57 Å². The average molecular weight is 448 g/mol. The second kappa shape index (κ2) is 8.93. The third-order valence-electron chi connectivity index (χ3n) is 4.87. The van der Waals surface area contributed by atoms with Crippen molar-refractivity contribution < 1.29 is 4.79 Å². The second-order valence-electron chi connectivity index (χ2n) is 6.77. The van der Waals surface area contributed by atoms with E-state index in [0.717, 1.165) is 44.8 Å². The first-order valence-corrected chi connectivity index (χ1v) is 10.2. The molecule has 1 N–H and O–H groups in total. The van der Waals surface area contributed by atoms with Gasteiger partial charge in [0.15, 0.2) is 0 Å². The van der Waals surface area contributed by atoms with Crippen LogP contribution in [0, 0.1) is 25.2 Å². The van der Waals surface area contributed by atoms with E-state index in [2.05, 4.69) is 25.8 Å². The first-order chi connectivity index (χ1) is 13.9. The molecule has 1 amide bonds. The number of aryl methyl sites for hydroxylation is 2. The second-order valence-corrected chi connectivity index (χ2v) is 7.69. The Hall–Kier alpha value is -3.10. The molecule has 4 nitrogen and oxygen atoms in total. The number of para-hydroxylation sites is 1. The number of nitriles is 1. The fraction of sp³-hybridized carbons (Fsp3) is 0.167. The van der Waals surface area contributed by atoms with Crippen molar-refractivity contribution in [2.75, 3.05) is 5.32 Å². The highest BCUT2D eigenvalue weighted by atomic mass is 79.9. The lowest BCUT2D eigenvalue weighted by atomic mass is 10.1. The summed E-state index contributed by atoms with van der Waals surface area (Å²) >= 11 is 3.46. The lowest BCUT2D eigenvalue weighted by molar-refractivity contribution is -0.112. The van der Waals surface area contributed by atoms with Gasteiger partial charge in [-0.05, 0) is 73.9 Å². The van der Waals surface area contributed by atoms with Gasteiger partial charge in [0.05, 0.1) is 0 Å². The van der Waals surface area contributed by atoms with Crippen molar-refractivity contribution in [2.45, 2.75) is 27.2 Å². The molecule has 0 unspecified atom stereocenters. The molecule has 0 fully saturated rings. The van der Waals surface area contributed by atoms with Crippen LogP contribution in [-0.4, -0.2) is 10.5 Å². The monoisotopic (exact) mass is 447 g/mol. The van der Waals surface area contributed by atoms with Gasteiger partial charge >= 0.3 is 0 Å². The topological polar surface area (TPSA) is 57.8 Å². The van der Waals surface area contributed by atoms with Gasteiger partial charge in [0.1, 0.15) is 11.6 Å². The van der Waals surface area contributed by atoms with Gasteiger partial charge in [0.2, 0.25) is 0 Å². The number of hydrogen-bond acceptors (Lipinski definition) is 2. The van der Waals surface area contributed by atoms with E-state index in [9.17, 15) is 10.1 Å². The van der Waals surface area contributed by atoms with Crippen LogP contribution in [0.25, 0.3) is 11.8 Å². The largest absolute Gasteiger partial charge is 0.321 e. The van der Waals surface area contributed by atoms with Crippen molar-refractivity contribution in [1.82, 2.24) is 4.57 Å². The highest BCUT2D eigenvalue weighted by molar-refractivity contribution is 9.10. The van der Waals surface area contributed by atoms with Crippen LogP contribution in [0.2, 0.25) is 0 Å². The highest BCUT2D eigenvalue weighted by Gasteiger charge is 2.15. The van der Waals surface area contributed by atoms with Crippen molar-refractivity contribution in [2.24, 2.45) is 0 Å². The number of rotatable bonds is 5. The van der Waals surface area contributed by atoms with Crippen molar-refractivity contribution in [3.63, 3.8) is 0 Å². The molecule has 5 heteroatoms. The van der Waals surface area contributed by atoms with Gasteiger partial charge in [-0.25, -0.2) is 0 Å². The van der Waals surface area contributed by atoms with Crippen molar-refractivity contribution >= 4 is 33.6 Å². The van der Waals surface area contributed by atoms with E-state index in [1.807, 2.05) is 81.4 Å². The molecule has 0 spiro atoms. The number of benzene rings is 2. The van der Waals surface area contributed by atoms with Gasteiger partial charge in [0, 0.05) is 27.2 Å². The Balaban J connectivity index is 1.93. The molecule has 0 aliphatic heterocycles.